The molecule has 0 radical (unpaired) electrons. The average Bonchev–Trinajstić information content (AvgIpc) is 3.66. The molecule has 1 amide bonds. The van der Waals surface area contributed by atoms with Gasteiger partial charge in [0.05, 0.1) is 12.2 Å². The van der Waals surface area contributed by atoms with Crippen molar-refractivity contribution in [2.24, 2.45) is 63.7 Å². The van der Waals surface area contributed by atoms with E-state index in [1.807, 2.05) is 0 Å². The second-order valence-corrected chi connectivity index (χ2v) is 14.2. The van der Waals surface area contributed by atoms with E-state index in [1.54, 1.807) is 0 Å². The molecular formula is C29H47N3O3. The molecule has 4 bridgehead atoms. The summed E-state index contributed by atoms with van der Waals surface area (Å²) in [5.74, 6) is 4.36. The van der Waals surface area contributed by atoms with Crippen LogP contribution in [-0.4, -0.2) is 58.4 Å². The van der Waals surface area contributed by atoms with E-state index in [4.69, 9.17) is 11.5 Å². The lowest BCUT2D eigenvalue weighted by Gasteiger charge is -2.52. The molecule has 7 fully saturated rings. The number of aliphatic hydroxyl groups excluding tert-OH is 2. The molecule has 1 heterocycles. The number of piperidine rings is 1. The molecular weight excluding hydrogens is 438 g/mol. The highest BCUT2D eigenvalue weighted by atomic mass is 16.3. The molecule has 0 aromatic heterocycles. The van der Waals surface area contributed by atoms with Crippen LogP contribution in [-0.2, 0) is 4.79 Å². The fourth-order valence-corrected chi connectivity index (χ4v) is 11.7. The van der Waals surface area contributed by atoms with Gasteiger partial charge < -0.3 is 26.6 Å². The lowest BCUT2D eigenvalue weighted by molar-refractivity contribution is -0.140. The van der Waals surface area contributed by atoms with Crippen LogP contribution in [0.5, 0.6) is 0 Å². The number of nitrogens with zero attached hydrogens (tertiary/aromatic N) is 1. The maximum atomic E-state index is 13.4. The summed E-state index contributed by atoms with van der Waals surface area (Å²) in [4.78, 5) is 15.6. The predicted octanol–water partition coefficient (Wildman–Crippen LogP) is 2.64. The molecule has 2 spiro atoms. The van der Waals surface area contributed by atoms with Gasteiger partial charge >= 0.3 is 0 Å². The van der Waals surface area contributed by atoms with Gasteiger partial charge in [-0.2, -0.15) is 0 Å². The van der Waals surface area contributed by atoms with Crippen LogP contribution in [0.1, 0.15) is 83.5 Å². The first-order valence-electron chi connectivity index (χ1n) is 15.0. The van der Waals surface area contributed by atoms with Gasteiger partial charge in [0.25, 0.3) is 0 Å². The summed E-state index contributed by atoms with van der Waals surface area (Å²) >= 11 is 0. The molecule has 6 saturated carbocycles. The molecule has 13 atom stereocenters. The van der Waals surface area contributed by atoms with E-state index in [1.165, 1.54) is 51.4 Å². The number of fused-ring (bicyclic) bond motifs is 6. The van der Waals surface area contributed by atoms with Crippen molar-refractivity contribution < 1.29 is 15.0 Å². The average molecular weight is 486 g/mol. The molecule has 7 aliphatic rings. The number of amides is 1. The van der Waals surface area contributed by atoms with E-state index in [9.17, 15) is 15.0 Å². The Kier molecular flexibility index (Phi) is 5.46. The number of hydrogen-bond acceptors (Lipinski definition) is 5. The predicted molar refractivity (Wildman–Crippen MR) is 134 cm³/mol. The van der Waals surface area contributed by atoms with E-state index >= 15 is 0 Å². The Morgan fingerprint density at radius 2 is 1.26 bits per heavy atom. The van der Waals surface area contributed by atoms with Crippen LogP contribution >= 0.6 is 0 Å². The third-order valence-electron chi connectivity index (χ3n) is 13.2. The van der Waals surface area contributed by atoms with Crippen LogP contribution < -0.4 is 11.5 Å². The van der Waals surface area contributed by atoms with Gasteiger partial charge in [0.2, 0.25) is 5.91 Å². The van der Waals surface area contributed by atoms with Crippen molar-refractivity contribution in [2.45, 2.75) is 108 Å². The zero-order chi connectivity index (χ0) is 24.1. The number of carbonyl (C=O) groups is 1. The van der Waals surface area contributed by atoms with Crippen LogP contribution in [0.3, 0.4) is 0 Å². The molecule has 6 heteroatoms. The van der Waals surface area contributed by atoms with E-state index in [0.29, 0.717) is 54.3 Å². The number of carbonyl (C=O) groups excluding carboxylic acids is 1. The Morgan fingerprint density at radius 1 is 0.714 bits per heavy atom. The third-order valence-corrected chi connectivity index (χ3v) is 13.2. The first-order chi connectivity index (χ1) is 16.8. The van der Waals surface area contributed by atoms with Gasteiger partial charge in [-0.05, 0) is 123 Å². The Balaban J connectivity index is 1.05. The van der Waals surface area contributed by atoms with Crippen molar-refractivity contribution in [3.63, 3.8) is 0 Å². The molecule has 7 rings (SSSR count). The summed E-state index contributed by atoms with van der Waals surface area (Å²) in [6.07, 6.45) is 13.2. The second kappa shape index (κ2) is 8.15. The largest absolute Gasteiger partial charge is 0.390 e. The first-order valence-corrected chi connectivity index (χ1v) is 15.0. The summed E-state index contributed by atoms with van der Waals surface area (Å²) in [5.41, 5.74) is 14.3. The van der Waals surface area contributed by atoms with E-state index in [-0.39, 0.29) is 28.8 Å². The van der Waals surface area contributed by atoms with E-state index in [2.05, 4.69) is 4.90 Å². The Bertz CT molecular complexity index is 842. The number of rotatable bonds is 2. The molecule has 0 aromatic rings. The maximum Gasteiger partial charge on any atom is 0.225 e. The third kappa shape index (κ3) is 3.18. The van der Waals surface area contributed by atoms with Crippen LogP contribution in [0, 0.1) is 52.3 Å². The molecule has 6 N–H and O–H groups in total. The summed E-state index contributed by atoms with van der Waals surface area (Å²) in [6, 6.07) is 0.353. The number of nitrogens with two attached hydrogens (primary N) is 2. The molecule has 1 aliphatic heterocycles. The molecule has 1 saturated heterocycles. The quantitative estimate of drug-likeness (QED) is 0.480. The fraction of sp³-hybridized carbons (Fsp3) is 0.966. The summed E-state index contributed by atoms with van der Waals surface area (Å²) < 4.78 is 0. The van der Waals surface area contributed by atoms with Crippen LogP contribution in [0.4, 0.5) is 0 Å². The van der Waals surface area contributed by atoms with Crippen molar-refractivity contribution in [1.82, 2.24) is 4.90 Å². The molecule has 7 unspecified atom stereocenters. The highest BCUT2D eigenvalue weighted by Gasteiger charge is 2.68. The number of likely N-dealkylation sites (tertiary alicyclic amines) is 1. The van der Waals surface area contributed by atoms with Crippen LogP contribution in [0.2, 0.25) is 0 Å². The van der Waals surface area contributed by atoms with Crippen LogP contribution in [0.25, 0.3) is 0 Å². The molecule has 196 valence electrons. The first kappa shape index (κ1) is 23.4. The Morgan fingerprint density at radius 3 is 1.83 bits per heavy atom. The van der Waals surface area contributed by atoms with Crippen molar-refractivity contribution >= 4 is 5.91 Å². The summed E-state index contributed by atoms with van der Waals surface area (Å²) in [7, 11) is 0. The minimum atomic E-state index is -0.596. The van der Waals surface area contributed by atoms with Gasteiger partial charge in [-0.15, -0.1) is 0 Å². The topological polar surface area (TPSA) is 113 Å². The highest BCUT2D eigenvalue weighted by Crippen LogP contribution is 2.71. The van der Waals surface area contributed by atoms with E-state index in [0.717, 1.165) is 32.4 Å². The maximum absolute atomic E-state index is 13.4. The zero-order valence-corrected chi connectivity index (χ0v) is 21.4. The molecule has 6 aliphatic carbocycles. The second-order valence-electron chi connectivity index (χ2n) is 14.2. The SMILES string of the molecule is N[C@@H]1C2CC(CC2C2C[C@@H]3C[C@H]2[C@@H](N)[C@]32CCCC(C(=O)N3CCCCC3)C2)C12CC(O)[C@@H](O)C2. The van der Waals surface area contributed by atoms with Gasteiger partial charge in [0.1, 0.15) is 0 Å². The van der Waals surface area contributed by atoms with Crippen LogP contribution in [0.15, 0.2) is 0 Å². The molecule has 6 nitrogen and oxygen atoms in total. The van der Waals surface area contributed by atoms with Crippen molar-refractivity contribution in [3.05, 3.63) is 0 Å². The lowest BCUT2D eigenvalue weighted by Crippen LogP contribution is -2.55. The smallest absolute Gasteiger partial charge is 0.225 e. The minimum Gasteiger partial charge on any atom is -0.390 e. The highest BCUT2D eigenvalue weighted by molar-refractivity contribution is 5.79. The van der Waals surface area contributed by atoms with Gasteiger partial charge in [-0.3, -0.25) is 4.79 Å². The van der Waals surface area contributed by atoms with Crippen molar-refractivity contribution in [3.8, 4) is 0 Å². The van der Waals surface area contributed by atoms with E-state index < -0.39 is 12.2 Å². The normalized spacial score (nSPS) is 57.1. The summed E-state index contributed by atoms with van der Waals surface area (Å²) in [6.45, 7) is 1.92. The van der Waals surface area contributed by atoms with Gasteiger partial charge in [0.15, 0.2) is 0 Å². The molecule has 35 heavy (non-hydrogen) atoms. The summed E-state index contributed by atoms with van der Waals surface area (Å²) in [5, 5.41) is 20.6. The zero-order valence-electron chi connectivity index (χ0n) is 21.4. The van der Waals surface area contributed by atoms with Gasteiger partial charge in [0, 0.05) is 31.1 Å². The van der Waals surface area contributed by atoms with Gasteiger partial charge in [-0.1, -0.05) is 6.42 Å². The monoisotopic (exact) mass is 485 g/mol. The number of hydrogen-bond donors (Lipinski definition) is 4. The number of aliphatic hydroxyl groups is 2. The Hall–Kier alpha value is -0.690. The minimum absolute atomic E-state index is 0.0354. The van der Waals surface area contributed by atoms with Crippen molar-refractivity contribution in [2.75, 3.05) is 13.1 Å². The van der Waals surface area contributed by atoms with Crippen molar-refractivity contribution in [1.29, 1.82) is 0 Å². The standard InChI is InChI=1S/C29H47N3O3/c30-25-21-11-17(28(25)6-4-5-16(13-28)27(35)32-7-2-1-3-8-32)9-19(21)20-10-18-12-22(20)26(31)29(18)14-23(33)24(34)15-29/h16-26,33-34H,1-15,30-31H2/t16?,17-,18?,19?,20?,21-,22?,23+,24?,25-,26-,28+,29?/m1/s1. The fourth-order valence-electron chi connectivity index (χ4n) is 11.7. The lowest BCUT2D eigenvalue weighted by atomic mass is 9.55. The Labute approximate surface area is 210 Å². The van der Waals surface area contributed by atoms with Gasteiger partial charge in [-0.25, -0.2) is 0 Å². The molecule has 0 aromatic carbocycles.